The number of imidazole rings is 1. The van der Waals surface area contributed by atoms with Crippen molar-refractivity contribution in [2.75, 3.05) is 0 Å². The molecule has 1 atom stereocenters. The molecule has 0 spiro atoms. The molecule has 3 rings (SSSR count). The molecule has 1 unspecified atom stereocenters. The van der Waals surface area contributed by atoms with Crippen LogP contribution in [0.15, 0.2) is 59.4 Å². The summed E-state index contributed by atoms with van der Waals surface area (Å²) in [5.41, 5.74) is 4.89. The summed E-state index contributed by atoms with van der Waals surface area (Å²) < 4.78 is 18.2. The Labute approximate surface area is 144 Å². The third-order valence-electron chi connectivity index (χ3n) is 3.75. The van der Waals surface area contributed by atoms with E-state index in [1.165, 1.54) is 0 Å². The van der Waals surface area contributed by atoms with Gasteiger partial charge in [0.25, 0.3) is 0 Å². The predicted octanol–water partition coefficient (Wildman–Crippen LogP) is 4.27. The molecular formula is C19H21N3OS. The Bertz CT molecular complexity index is 935. The van der Waals surface area contributed by atoms with E-state index < -0.39 is 11.0 Å². The van der Waals surface area contributed by atoms with E-state index in [2.05, 4.69) is 33.8 Å². The third kappa shape index (κ3) is 3.46. The number of fused-ring (bicyclic) bond motifs is 1. The van der Waals surface area contributed by atoms with E-state index in [1.54, 1.807) is 6.20 Å². The summed E-state index contributed by atoms with van der Waals surface area (Å²) in [7, 11) is -1.26. The highest BCUT2D eigenvalue weighted by Crippen LogP contribution is 2.22. The number of aromatic nitrogens is 2. The lowest BCUT2D eigenvalue weighted by Gasteiger charge is -2.14. The van der Waals surface area contributed by atoms with E-state index in [4.69, 9.17) is 0 Å². The van der Waals surface area contributed by atoms with Crippen LogP contribution in [-0.4, -0.2) is 24.1 Å². The predicted molar refractivity (Wildman–Crippen MR) is 101 cm³/mol. The SMILES string of the molecule is C/C(=N\S(=O)C(C)(C)C)c1cccc(-c2ccc3nccn3c2)c1. The van der Waals surface area contributed by atoms with Gasteiger partial charge >= 0.3 is 0 Å². The molecule has 0 N–H and O–H groups in total. The highest BCUT2D eigenvalue weighted by molar-refractivity contribution is 7.85. The molecule has 0 aliphatic rings. The summed E-state index contributed by atoms with van der Waals surface area (Å²) in [5.74, 6) is 0. The van der Waals surface area contributed by atoms with Crippen LogP contribution < -0.4 is 0 Å². The lowest BCUT2D eigenvalue weighted by molar-refractivity contribution is 0.650. The van der Waals surface area contributed by atoms with Crippen molar-refractivity contribution in [1.29, 1.82) is 0 Å². The third-order valence-corrected chi connectivity index (χ3v) is 5.23. The Morgan fingerprint density at radius 2 is 1.96 bits per heavy atom. The fourth-order valence-corrected chi connectivity index (χ4v) is 2.96. The van der Waals surface area contributed by atoms with Gasteiger partial charge in [-0.15, -0.1) is 0 Å². The molecule has 4 nitrogen and oxygen atoms in total. The summed E-state index contributed by atoms with van der Waals surface area (Å²) in [5, 5.41) is 0. The maximum Gasteiger partial charge on any atom is 0.145 e. The maximum atomic E-state index is 12.2. The highest BCUT2D eigenvalue weighted by atomic mass is 32.2. The summed E-state index contributed by atoms with van der Waals surface area (Å²) in [4.78, 5) is 4.26. The van der Waals surface area contributed by atoms with Gasteiger partial charge in [0.1, 0.15) is 16.6 Å². The topological polar surface area (TPSA) is 46.7 Å². The van der Waals surface area contributed by atoms with Crippen molar-refractivity contribution in [2.45, 2.75) is 32.4 Å². The Balaban J connectivity index is 1.96. The van der Waals surface area contributed by atoms with E-state index >= 15 is 0 Å². The van der Waals surface area contributed by atoms with Crippen LogP contribution in [-0.2, 0) is 11.0 Å². The second-order valence-corrected chi connectivity index (χ2v) is 8.64. The highest BCUT2D eigenvalue weighted by Gasteiger charge is 2.19. The van der Waals surface area contributed by atoms with Crippen molar-refractivity contribution in [2.24, 2.45) is 4.40 Å². The minimum atomic E-state index is -1.26. The first-order valence-corrected chi connectivity index (χ1v) is 8.96. The minimum Gasteiger partial charge on any atom is -0.306 e. The zero-order chi connectivity index (χ0) is 17.3. The van der Waals surface area contributed by atoms with Crippen molar-refractivity contribution in [3.8, 4) is 11.1 Å². The molecule has 0 radical (unpaired) electrons. The van der Waals surface area contributed by atoms with Gasteiger partial charge in [0.2, 0.25) is 0 Å². The average molecular weight is 339 g/mol. The van der Waals surface area contributed by atoms with Gasteiger partial charge in [0.05, 0.1) is 10.5 Å². The first kappa shape index (κ1) is 16.6. The summed E-state index contributed by atoms with van der Waals surface area (Å²) >= 11 is 0. The van der Waals surface area contributed by atoms with Crippen LogP contribution in [0.2, 0.25) is 0 Å². The zero-order valence-corrected chi connectivity index (χ0v) is 15.2. The first-order valence-electron chi connectivity index (χ1n) is 7.85. The molecule has 0 fully saturated rings. The van der Waals surface area contributed by atoms with Crippen LogP contribution in [0, 0.1) is 0 Å². The molecule has 24 heavy (non-hydrogen) atoms. The van der Waals surface area contributed by atoms with Crippen LogP contribution in [0.3, 0.4) is 0 Å². The van der Waals surface area contributed by atoms with Crippen molar-refractivity contribution >= 4 is 22.3 Å². The largest absolute Gasteiger partial charge is 0.306 e. The number of hydrogen-bond donors (Lipinski definition) is 0. The van der Waals surface area contributed by atoms with E-state index in [1.807, 2.05) is 56.5 Å². The van der Waals surface area contributed by atoms with E-state index in [-0.39, 0.29) is 4.75 Å². The number of hydrogen-bond acceptors (Lipinski definition) is 2. The van der Waals surface area contributed by atoms with Crippen molar-refractivity contribution < 1.29 is 4.21 Å². The zero-order valence-electron chi connectivity index (χ0n) is 14.4. The fourth-order valence-electron chi connectivity index (χ4n) is 2.33. The van der Waals surface area contributed by atoms with Gasteiger partial charge in [-0.3, -0.25) is 0 Å². The number of benzene rings is 1. The van der Waals surface area contributed by atoms with E-state index in [0.717, 1.165) is 28.0 Å². The summed E-state index contributed by atoms with van der Waals surface area (Å²) in [6.45, 7) is 7.69. The van der Waals surface area contributed by atoms with Crippen molar-refractivity contribution in [1.82, 2.24) is 9.38 Å². The molecule has 5 heteroatoms. The minimum absolute atomic E-state index is 0.356. The molecule has 0 bridgehead atoms. The maximum absolute atomic E-state index is 12.2. The Hall–Kier alpha value is -2.27. The van der Waals surface area contributed by atoms with Crippen LogP contribution in [0.25, 0.3) is 16.8 Å². The Morgan fingerprint density at radius 3 is 2.71 bits per heavy atom. The second-order valence-electron chi connectivity index (χ2n) is 6.73. The van der Waals surface area contributed by atoms with Crippen LogP contribution in [0.4, 0.5) is 0 Å². The standard InChI is InChI=1S/C19H21N3OS/c1-14(21-24(23)19(2,3)4)15-6-5-7-16(12-15)17-8-9-18-20-10-11-22(18)13-17/h5-13H,1-4H3/b21-14+. The van der Waals surface area contributed by atoms with E-state index in [9.17, 15) is 4.21 Å². The van der Waals surface area contributed by atoms with Crippen LogP contribution in [0.1, 0.15) is 33.3 Å². The smallest absolute Gasteiger partial charge is 0.145 e. The molecule has 0 aliphatic carbocycles. The van der Waals surface area contributed by atoms with Gasteiger partial charge < -0.3 is 4.40 Å². The van der Waals surface area contributed by atoms with Gasteiger partial charge in [0.15, 0.2) is 0 Å². The van der Waals surface area contributed by atoms with E-state index in [0.29, 0.717) is 0 Å². The summed E-state index contributed by atoms with van der Waals surface area (Å²) in [6, 6.07) is 12.2. The van der Waals surface area contributed by atoms with Gasteiger partial charge in [-0.2, -0.15) is 4.40 Å². The second kappa shape index (κ2) is 6.32. The van der Waals surface area contributed by atoms with Gasteiger partial charge in [-0.05, 0) is 62.6 Å². The molecule has 2 aromatic heterocycles. The summed E-state index contributed by atoms with van der Waals surface area (Å²) in [6.07, 6.45) is 5.78. The molecule has 0 amide bonds. The van der Waals surface area contributed by atoms with Crippen molar-refractivity contribution in [3.05, 3.63) is 60.6 Å². The van der Waals surface area contributed by atoms with Crippen LogP contribution in [0.5, 0.6) is 0 Å². The molecule has 0 aliphatic heterocycles. The molecule has 3 aromatic rings. The molecule has 0 saturated carbocycles. The van der Waals surface area contributed by atoms with Crippen LogP contribution >= 0.6 is 0 Å². The van der Waals surface area contributed by atoms with Gasteiger partial charge in [0, 0.05) is 18.6 Å². The number of rotatable bonds is 3. The van der Waals surface area contributed by atoms with Gasteiger partial charge in [-0.25, -0.2) is 9.19 Å². The first-order chi connectivity index (χ1) is 11.3. The molecule has 1 aromatic carbocycles. The van der Waals surface area contributed by atoms with Gasteiger partial charge in [-0.1, -0.05) is 18.2 Å². The molecule has 124 valence electrons. The normalized spacial score (nSPS) is 14.1. The number of pyridine rings is 1. The molecule has 0 saturated heterocycles. The monoisotopic (exact) mass is 339 g/mol. The van der Waals surface area contributed by atoms with Crippen molar-refractivity contribution in [3.63, 3.8) is 0 Å². The molecular weight excluding hydrogens is 318 g/mol. The average Bonchev–Trinajstić information content (AvgIpc) is 3.01. The Morgan fingerprint density at radius 1 is 1.17 bits per heavy atom. The molecule has 2 heterocycles. The fraction of sp³-hybridized carbons (Fsp3) is 0.263. The lowest BCUT2D eigenvalue weighted by atomic mass is 10.0. The Kier molecular flexibility index (Phi) is 4.37. The quantitative estimate of drug-likeness (QED) is 0.669. The number of nitrogens with zero attached hydrogens (tertiary/aromatic N) is 3. The lowest BCUT2D eigenvalue weighted by Crippen LogP contribution is -2.20.